The first-order chi connectivity index (χ1) is 26.8. The van der Waals surface area contributed by atoms with Gasteiger partial charge in [0.05, 0.1) is 47.8 Å². The van der Waals surface area contributed by atoms with E-state index in [4.69, 9.17) is 18.9 Å². The van der Waals surface area contributed by atoms with Crippen molar-refractivity contribution in [2.45, 2.75) is 163 Å². The molecule has 0 heterocycles. The number of carbonyl (C=O) groups is 7. The normalized spacial score (nSPS) is 14.5. The van der Waals surface area contributed by atoms with E-state index in [1.165, 1.54) is 0 Å². The highest BCUT2D eigenvalue weighted by molar-refractivity contribution is 5.94. The number of amides is 4. The number of rotatable bonds is 24. The van der Waals surface area contributed by atoms with Gasteiger partial charge < -0.3 is 40.2 Å². The Morgan fingerprint density at radius 2 is 1.28 bits per heavy atom. The number of unbranched alkanes of at least 4 members (excludes halogenated alkanes) is 1. The number of benzene rings is 1. The SMILES string of the molecule is C[C@H](C(=O)NCC(=O)C[C@H](C(=O)N[C@@H](CCCCNC(=O)OCc1ccccc1)C(=O)CCC(=O)NCC(=O)OC(C)(C)C)[C@@H](C)OC(C)(C)C)[C@@H](C)OC(C)(C)C. The third-order valence-corrected chi connectivity index (χ3v) is 8.56. The molecular weight excluding hydrogens is 748 g/mol. The molecule has 0 unspecified atom stereocenters. The van der Waals surface area contributed by atoms with Crippen molar-refractivity contribution in [3.05, 3.63) is 35.9 Å². The third kappa shape index (κ3) is 23.8. The summed E-state index contributed by atoms with van der Waals surface area (Å²) in [6.07, 6.45) is -1.53. The van der Waals surface area contributed by atoms with E-state index < -0.39 is 82.3 Å². The van der Waals surface area contributed by atoms with Crippen molar-refractivity contribution in [1.82, 2.24) is 21.3 Å². The molecule has 5 atom stereocenters. The molecular formula is C43H70N4O11. The van der Waals surface area contributed by atoms with E-state index >= 15 is 0 Å². The lowest BCUT2D eigenvalue weighted by Crippen LogP contribution is -2.48. The van der Waals surface area contributed by atoms with Crippen LogP contribution in [0.25, 0.3) is 0 Å². The summed E-state index contributed by atoms with van der Waals surface area (Å²) in [6.45, 7) is 21.0. The molecule has 0 fully saturated rings. The Labute approximate surface area is 345 Å². The summed E-state index contributed by atoms with van der Waals surface area (Å²) in [4.78, 5) is 90.6. The molecule has 1 rings (SSSR count). The maximum Gasteiger partial charge on any atom is 0.407 e. The molecule has 1 aromatic rings. The van der Waals surface area contributed by atoms with Crippen molar-refractivity contribution in [3.63, 3.8) is 0 Å². The average molecular weight is 819 g/mol. The molecule has 0 saturated carbocycles. The largest absolute Gasteiger partial charge is 0.459 e. The number of esters is 1. The summed E-state index contributed by atoms with van der Waals surface area (Å²) in [7, 11) is 0. The minimum atomic E-state index is -1.04. The second-order valence-electron chi connectivity index (χ2n) is 17.6. The number of nitrogens with one attached hydrogen (secondary N) is 4. The fourth-order valence-electron chi connectivity index (χ4n) is 5.73. The minimum absolute atomic E-state index is 0.110. The predicted molar refractivity (Wildman–Crippen MR) is 219 cm³/mol. The molecule has 0 bridgehead atoms. The first kappa shape index (κ1) is 51.6. The van der Waals surface area contributed by atoms with Gasteiger partial charge in [-0.25, -0.2) is 4.79 Å². The number of carbonyl (C=O) groups excluding carboxylic acids is 7. The van der Waals surface area contributed by atoms with Gasteiger partial charge in [-0.05, 0) is 101 Å². The van der Waals surface area contributed by atoms with Crippen LogP contribution in [-0.2, 0) is 54.3 Å². The molecule has 58 heavy (non-hydrogen) atoms. The lowest BCUT2D eigenvalue weighted by atomic mass is 9.93. The highest BCUT2D eigenvalue weighted by Crippen LogP contribution is 2.22. The Bertz CT molecular complexity index is 1500. The summed E-state index contributed by atoms with van der Waals surface area (Å²) >= 11 is 0. The van der Waals surface area contributed by atoms with Crippen molar-refractivity contribution in [1.29, 1.82) is 0 Å². The lowest BCUT2D eigenvalue weighted by molar-refractivity contribution is -0.154. The van der Waals surface area contributed by atoms with Crippen LogP contribution in [-0.4, -0.2) is 96.0 Å². The maximum atomic E-state index is 14.0. The molecule has 328 valence electrons. The minimum Gasteiger partial charge on any atom is -0.459 e. The molecule has 4 N–H and O–H groups in total. The zero-order valence-electron chi connectivity index (χ0n) is 36.8. The van der Waals surface area contributed by atoms with Gasteiger partial charge in [-0.1, -0.05) is 37.3 Å². The summed E-state index contributed by atoms with van der Waals surface area (Å²) in [5.41, 5.74) is -1.03. The van der Waals surface area contributed by atoms with Crippen LogP contribution in [0.5, 0.6) is 0 Å². The highest BCUT2D eigenvalue weighted by Gasteiger charge is 2.34. The molecule has 0 spiro atoms. The van der Waals surface area contributed by atoms with Crippen LogP contribution < -0.4 is 21.3 Å². The van der Waals surface area contributed by atoms with E-state index in [-0.39, 0.29) is 57.8 Å². The Hall–Kier alpha value is -4.37. The second-order valence-corrected chi connectivity index (χ2v) is 17.6. The summed E-state index contributed by atoms with van der Waals surface area (Å²) in [5.74, 6) is -4.57. The van der Waals surface area contributed by atoms with Gasteiger partial charge in [0.15, 0.2) is 11.6 Å². The smallest absolute Gasteiger partial charge is 0.407 e. The zero-order chi connectivity index (χ0) is 44.3. The van der Waals surface area contributed by atoms with Gasteiger partial charge in [0.2, 0.25) is 17.7 Å². The number of alkyl carbamates (subject to hydrolysis) is 1. The van der Waals surface area contributed by atoms with Crippen LogP contribution in [0.15, 0.2) is 30.3 Å². The van der Waals surface area contributed by atoms with Crippen LogP contribution >= 0.6 is 0 Å². The molecule has 0 aliphatic heterocycles. The number of hydrogen-bond donors (Lipinski definition) is 4. The molecule has 0 radical (unpaired) electrons. The van der Waals surface area contributed by atoms with E-state index in [0.717, 1.165) is 5.56 Å². The van der Waals surface area contributed by atoms with Crippen molar-refractivity contribution in [3.8, 4) is 0 Å². The van der Waals surface area contributed by atoms with Gasteiger partial charge in [0.1, 0.15) is 18.8 Å². The van der Waals surface area contributed by atoms with Gasteiger partial charge in [0, 0.05) is 25.8 Å². The molecule has 15 heteroatoms. The molecule has 0 saturated heterocycles. The Morgan fingerprint density at radius 3 is 1.86 bits per heavy atom. The van der Waals surface area contributed by atoms with Crippen LogP contribution in [0.3, 0.4) is 0 Å². The summed E-state index contributed by atoms with van der Waals surface area (Å²) in [6, 6.07) is 8.18. The van der Waals surface area contributed by atoms with Gasteiger partial charge in [0.25, 0.3) is 0 Å². The van der Waals surface area contributed by atoms with Gasteiger partial charge in [-0.3, -0.25) is 28.8 Å². The van der Waals surface area contributed by atoms with E-state index in [1.807, 2.05) is 71.9 Å². The number of Topliss-reactive ketones (excluding diaryl/α,β-unsaturated/α-hetero) is 2. The molecule has 0 aliphatic rings. The number of ketones is 2. The topological polar surface area (TPSA) is 205 Å². The summed E-state index contributed by atoms with van der Waals surface area (Å²) < 4.78 is 22.4. The monoisotopic (exact) mass is 819 g/mol. The molecule has 1 aromatic carbocycles. The summed E-state index contributed by atoms with van der Waals surface area (Å²) in [5, 5.41) is 10.6. The zero-order valence-corrected chi connectivity index (χ0v) is 36.8. The van der Waals surface area contributed by atoms with Crippen molar-refractivity contribution in [2.75, 3.05) is 19.6 Å². The Morgan fingerprint density at radius 1 is 0.672 bits per heavy atom. The van der Waals surface area contributed by atoms with Crippen LogP contribution in [0, 0.1) is 11.8 Å². The molecule has 15 nitrogen and oxygen atoms in total. The van der Waals surface area contributed by atoms with Crippen LogP contribution in [0.2, 0.25) is 0 Å². The van der Waals surface area contributed by atoms with E-state index in [9.17, 15) is 33.6 Å². The van der Waals surface area contributed by atoms with Gasteiger partial charge >= 0.3 is 12.1 Å². The fourth-order valence-corrected chi connectivity index (χ4v) is 5.73. The first-order valence-corrected chi connectivity index (χ1v) is 20.2. The predicted octanol–water partition coefficient (Wildman–Crippen LogP) is 5.11. The maximum absolute atomic E-state index is 14.0. The quantitative estimate of drug-likeness (QED) is 0.0797. The average Bonchev–Trinajstić information content (AvgIpc) is 3.10. The van der Waals surface area contributed by atoms with Gasteiger partial charge in [-0.15, -0.1) is 0 Å². The van der Waals surface area contributed by atoms with E-state index in [0.29, 0.717) is 12.8 Å². The Balaban J connectivity index is 3.04. The second kappa shape index (κ2) is 24.5. The molecule has 0 aliphatic carbocycles. The highest BCUT2D eigenvalue weighted by atomic mass is 16.6. The number of hydrogen-bond acceptors (Lipinski definition) is 11. The molecule has 0 aromatic heterocycles. The first-order valence-electron chi connectivity index (χ1n) is 20.2. The fraction of sp³-hybridized carbons (Fsp3) is 0.698. The van der Waals surface area contributed by atoms with Crippen molar-refractivity contribution in [2.24, 2.45) is 11.8 Å². The standard InChI is InChI=1S/C43H70N4O11/c1-28(29(2)56-41(4,5)6)38(52)46-25-32(48)24-33(30(3)57-42(7,8)9)39(53)47-34(35(49)21-22-36(50)45-26-37(51)58-43(10,11)12)20-16-17-23-44-40(54)55-27-31-18-14-13-15-19-31/h13-15,18-19,28-30,33-34H,16-17,20-27H2,1-12H3,(H,44,54)(H,45,50)(H,46,52)(H,47,53)/t28-,29+,30+,33-,34-/m0/s1. The van der Waals surface area contributed by atoms with Crippen molar-refractivity contribution >= 4 is 41.4 Å². The third-order valence-electron chi connectivity index (χ3n) is 8.56. The van der Waals surface area contributed by atoms with Crippen molar-refractivity contribution < 1.29 is 52.5 Å². The molecule has 4 amide bonds. The van der Waals surface area contributed by atoms with E-state index in [1.54, 1.807) is 41.5 Å². The van der Waals surface area contributed by atoms with Crippen LogP contribution in [0.1, 0.15) is 127 Å². The van der Waals surface area contributed by atoms with Gasteiger partial charge in [-0.2, -0.15) is 0 Å². The lowest BCUT2D eigenvalue weighted by Gasteiger charge is -2.31. The van der Waals surface area contributed by atoms with Crippen LogP contribution in [0.4, 0.5) is 4.79 Å². The number of ether oxygens (including phenoxy) is 4. The Kier molecular flexibility index (Phi) is 21.8. The van der Waals surface area contributed by atoms with E-state index in [2.05, 4.69) is 21.3 Å².